The second kappa shape index (κ2) is 4.40. The van der Waals surface area contributed by atoms with Crippen molar-refractivity contribution in [1.29, 1.82) is 0 Å². The number of aromatic nitrogens is 2. The molecule has 1 heterocycles. The molecule has 1 aromatic heterocycles. The molecule has 16 heavy (non-hydrogen) atoms. The largest absolute Gasteiger partial charge is 0.513 e. The Morgan fingerprint density at radius 3 is 3.12 bits per heavy atom. The highest BCUT2D eigenvalue weighted by atomic mass is 32.1. The summed E-state index contributed by atoms with van der Waals surface area (Å²) in [5, 5.41) is 3.69. The zero-order valence-corrected chi connectivity index (χ0v) is 9.08. The predicted octanol–water partition coefficient (Wildman–Crippen LogP) is 2.37. The van der Waals surface area contributed by atoms with Crippen molar-refractivity contribution in [3.8, 4) is 5.75 Å². The van der Waals surface area contributed by atoms with Gasteiger partial charge in [0.25, 0.3) is 0 Å². The van der Waals surface area contributed by atoms with Crippen LogP contribution in [0.3, 0.4) is 0 Å². The van der Waals surface area contributed by atoms with E-state index in [1.54, 1.807) is 6.92 Å². The predicted molar refractivity (Wildman–Crippen MR) is 55.0 cm³/mol. The van der Waals surface area contributed by atoms with Crippen LogP contribution in [0.1, 0.15) is 6.92 Å². The molecule has 0 saturated heterocycles. The first-order valence-corrected chi connectivity index (χ1v) is 5.24. The second-order valence-corrected chi connectivity index (χ2v) is 3.56. The van der Waals surface area contributed by atoms with Gasteiger partial charge < -0.3 is 9.47 Å². The lowest BCUT2D eigenvalue weighted by Gasteiger charge is -2.04. The summed E-state index contributed by atoms with van der Waals surface area (Å²) in [6.45, 7) is 1.84. The molecule has 0 aliphatic carbocycles. The van der Waals surface area contributed by atoms with Gasteiger partial charge in [-0.05, 0) is 18.5 Å². The van der Waals surface area contributed by atoms with Gasteiger partial charge in [-0.3, -0.25) is 0 Å². The summed E-state index contributed by atoms with van der Waals surface area (Å²) in [4.78, 5) is 11.1. The molecule has 0 amide bonds. The molecule has 1 aromatic carbocycles. The van der Waals surface area contributed by atoms with Gasteiger partial charge in [0.15, 0.2) is 5.75 Å². The van der Waals surface area contributed by atoms with Crippen LogP contribution in [0.4, 0.5) is 9.18 Å². The van der Waals surface area contributed by atoms with E-state index in [0.717, 1.165) is 17.6 Å². The molecule has 0 unspecified atom stereocenters. The van der Waals surface area contributed by atoms with Gasteiger partial charge >= 0.3 is 6.16 Å². The highest BCUT2D eigenvalue weighted by Crippen LogP contribution is 2.28. The molecular formula is C9H7FN2O3S. The summed E-state index contributed by atoms with van der Waals surface area (Å²) in [6.07, 6.45) is -0.872. The van der Waals surface area contributed by atoms with Crippen molar-refractivity contribution >= 4 is 27.9 Å². The molecule has 0 bridgehead atoms. The molecule has 0 saturated carbocycles. The molecule has 0 aliphatic heterocycles. The number of halogens is 1. The first-order chi connectivity index (χ1) is 7.70. The Kier molecular flexibility index (Phi) is 2.95. The third-order valence-electron chi connectivity index (χ3n) is 1.74. The average Bonchev–Trinajstić information content (AvgIpc) is 2.65. The minimum Gasteiger partial charge on any atom is -0.434 e. The molecule has 2 aromatic rings. The van der Waals surface area contributed by atoms with Gasteiger partial charge in [-0.25, -0.2) is 9.18 Å². The quantitative estimate of drug-likeness (QED) is 0.597. The van der Waals surface area contributed by atoms with Crippen molar-refractivity contribution in [1.82, 2.24) is 9.59 Å². The van der Waals surface area contributed by atoms with Gasteiger partial charge in [0, 0.05) is 12.1 Å². The van der Waals surface area contributed by atoms with E-state index in [0.29, 0.717) is 10.2 Å². The van der Waals surface area contributed by atoms with Crippen LogP contribution in [-0.4, -0.2) is 22.3 Å². The van der Waals surface area contributed by atoms with Crippen molar-refractivity contribution in [2.75, 3.05) is 6.61 Å². The van der Waals surface area contributed by atoms with E-state index in [9.17, 15) is 9.18 Å². The third-order valence-corrected chi connectivity index (χ3v) is 2.49. The number of benzene rings is 1. The van der Waals surface area contributed by atoms with Crippen LogP contribution in [-0.2, 0) is 4.74 Å². The number of hydrogen-bond donors (Lipinski definition) is 0. The minimum atomic E-state index is -0.872. The second-order valence-electron chi connectivity index (χ2n) is 2.81. The van der Waals surface area contributed by atoms with Crippen LogP contribution < -0.4 is 4.74 Å². The van der Waals surface area contributed by atoms with E-state index < -0.39 is 12.0 Å². The number of fused-ring (bicyclic) bond motifs is 1. The maximum atomic E-state index is 13.1. The smallest absolute Gasteiger partial charge is 0.434 e. The van der Waals surface area contributed by atoms with Crippen molar-refractivity contribution < 1.29 is 18.7 Å². The van der Waals surface area contributed by atoms with Gasteiger partial charge in [0.2, 0.25) is 0 Å². The topological polar surface area (TPSA) is 61.3 Å². The molecule has 0 N–H and O–H groups in total. The summed E-state index contributed by atoms with van der Waals surface area (Å²) in [7, 11) is 0. The minimum absolute atomic E-state index is 0.0726. The Labute approximate surface area is 94.0 Å². The number of ether oxygens (including phenoxy) is 2. The lowest BCUT2D eigenvalue weighted by Crippen LogP contribution is -2.10. The number of nitrogens with zero attached hydrogens (tertiary/aromatic N) is 2. The molecule has 0 spiro atoms. The van der Waals surface area contributed by atoms with Crippen LogP contribution in [0.5, 0.6) is 5.75 Å². The number of carbonyl (C=O) groups is 1. The Balaban J connectivity index is 2.35. The van der Waals surface area contributed by atoms with E-state index in [1.165, 1.54) is 6.07 Å². The van der Waals surface area contributed by atoms with Crippen molar-refractivity contribution in [3.05, 3.63) is 17.9 Å². The normalized spacial score (nSPS) is 10.4. The Morgan fingerprint density at radius 2 is 2.38 bits per heavy atom. The first-order valence-electron chi connectivity index (χ1n) is 4.47. The Hall–Kier alpha value is -1.76. The fourth-order valence-corrected chi connectivity index (χ4v) is 1.73. The molecule has 5 nitrogen and oxygen atoms in total. The van der Waals surface area contributed by atoms with Crippen LogP contribution >= 0.6 is 11.5 Å². The molecule has 84 valence electrons. The van der Waals surface area contributed by atoms with Crippen molar-refractivity contribution in [2.24, 2.45) is 0 Å². The van der Waals surface area contributed by atoms with Crippen molar-refractivity contribution in [2.45, 2.75) is 6.92 Å². The molecule has 0 atom stereocenters. The SMILES string of the molecule is CCOC(=O)Oc1cc(F)cc2nnsc12. The van der Waals surface area contributed by atoms with Crippen LogP contribution in [0.15, 0.2) is 12.1 Å². The summed E-state index contributed by atoms with van der Waals surface area (Å²) < 4.78 is 26.7. The summed E-state index contributed by atoms with van der Waals surface area (Å²) in [6, 6.07) is 2.32. The van der Waals surface area contributed by atoms with Gasteiger partial charge in [-0.15, -0.1) is 5.10 Å². The maximum absolute atomic E-state index is 13.1. The molecule has 2 rings (SSSR count). The van der Waals surface area contributed by atoms with Crippen molar-refractivity contribution in [3.63, 3.8) is 0 Å². The Morgan fingerprint density at radius 1 is 1.56 bits per heavy atom. The van der Waals surface area contributed by atoms with Gasteiger partial charge in [-0.1, -0.05) is 4.49 Å². The van der Waals surface area contributed by atoms with E-state index in [2.05, 4.69) is 14.3 Å². The number of hydrogen-bond acceptors (Lipinski definition) is 6. The molecular weight excluding hydrogens is 235 g/mol. The lowest BCUT2D eigenvalue weighted by atomic mass is 10.3. The number of carbonyl (C=O) groups excluding carboxylic acids is 1. The fraction of sp³-hybridized carbons (Fsp3) is 0.222. The number of rotatable bonds is 2. The zero-order valence-electron chi connectivity index (χ0n) is 8.27. The lowest BCUT2D eigenvalue weighted by molar-refractivity contribution is 0.105. The summed E-state index contributed by atoms with van der Waals surface area (Å²) in [5.74, 6) is -0.469. The average molecular weight is 242 g/mol. The molecule has 7 heteroatoms. The third kappa shape index (κ3) is 2.08. The fourth-order valence-electron chi connectivity index (χ4n) is 1.14. The van der Waals surface area contributed by atoms with E-state index in [1.807, 2.05) is 0 Å². The highest BCUT2D eigenvalue weighted by molar-refractivity contribution is 7.13. The first kappa shape index (κ1) is 10.7. The molecule has 0 radical (unpaired) electrons. The Bertz CT molecular complexity index is 528. The molecule has 0 aliphatic rings. The van der Waals surface area contributed by atoms with Crippen LogP contribution in [0.25, 0.3) is 10.2 Å². The van der Waals surface area contributed by atoms with Gasteiger partial charge in [0.1, 0.15) is 16.0 Å². The summed E-state index contributed by atoms with van der Waals surface area (Å²) in [5.41, 5.74) is 0.351. The van der Waals surface area contributed by atoms with E-state index in [4.69, 9.17) is 4.74 Å². The highest BCUT2D eigenvalue weighted by Gasteiger charge is 2.13. The van der Waals surface area contributed by atoms with Crippen LogP contribution in [0, 0.1) is 5.82 Å². The van der Waals surface area contributed by atoms with E-state index >= 15 is 0 Å². The molecule has 0 fully saturated rings. The van der Waals surface area contributed by atoms with Crippen LogP contribution in [0.2, 0.25) is 0 Å². The maximum Gasteiger partial charge on any atom is 0.513 e. The van der Waals surface area contributed by atoms with E-state index in [-0.39, 0.29) is 12.4 Å². The van der Waals surface area contributed by atoms with Gasteiger partial charge in [-0.2, -0.15) is 0 Å². The standard InChI is InChI=1S/C9H7FN2O3S/c1-2-14-9(13)15-7-4-5(10)3-6-8(7)16-12-11-6/h3-4H,2H2,1H3. The monoisotopic (exact) mass is 242 g/mol. The summed E-state index contributed by atoms with van der Waals surface area (Å²) >= 11 is 1.02. The zero-order chi connectivity index (χ0) is 11.5. The van der Waals surface area contributed by atoms with Gasteiger partial charge in [0.05, 0.1) is 6.61 Å².